The SMILES string of the molecule is CCO[C@H]1CCCN(S(=O)(=O)c2ccc3c(c2)n(C)c(=O)n3C)C1. The number of nitrogens with zero attached hydrogens (tertiary/aromatic N) is 3. The van der Waals surface area contributed by atoms with Gasteiger partial charge in [0.05, 0.1) is 22.0 Å². The maximum atomic E-state index is 13.0. The van der Waals surface area contributed by atoms with Crippen molar-refractivity contribution in [3.05, 3.63) is 28.7 Å². The molecule has 7 nitrogen and oxygen atoms in total. The number of hydrogen-bond acceptors (Lipinski definition) is 4. The number of aromatic nitrogens is 2. The van der Waals surface area contributed by atoms with E-state index in [-0.39, 0.29) is 16.7 Å². The Hall–Kier alpha value is -1.64. The van der Waals surface area contributed by atoms with Gasteiger partial charge in [0.1, 0.15) is 0 Å². The lowest BCUT2D eigenvalue weighted by Gasteiger charge is -2.31. The van der Waals surface area contributed by atoms with E-state index in [4.69, 9.17) is 4.74 Å². The molecule has 0 radical (unpaired) electrons. The summed E-state index contributed by atoms with van der Waals surface area (Å²) in [6.07, 6.45) is 1.62. The summed E-state index contributed by atoms with van der Waals surface area (Å²) >= 11 is 0. The van der Waals surface area contributed by atoms with Gasteiger partial charge in [-0.05, 0) is 38.0 Å². The lowest BCUT2D eigenvalue weighted by Crippen LogP contribution is -2.43. The van der Waals surface area contributed by atoms with Crippen LogP contribution in [0.25, 0.3) is 11.0 Å². The summed E-state index contributed by atoms with van der Waals surface area (Å²) in [5.74, 6) is 0. The first-order valence-corrected chi connectivity index (χ1v) is 9.57. The summed E-state index contributed by atoms with van der Waals surface area (Å²) in [5, 5.41) is 0. The largest absolute Gasteiger partial charge is 0.377 e. The van der Waals surface area contributed by atoms with Gasteiger partial charge in [0.25, 0.3) is 0 Å². The van der Waals surface area contributed by atoms with Crippen LogP contribution in [-0.4, -0.2) is 47.7 Å². The van der Waals surface area contributed by atoms with Gasteiger partial charge in [0.15, 0.2) is 0 Å². The number of aryl methyl sites for hydroxylation is 2. The van der Waals surface area contributed by atoms with E-state index in [9.17, 15) is 13.2 Å². The monoisotopic (exact) mass is 353 g/mol. The Labute approximate surface area is 141 Å². The van der Waals surface area contributed by atoms with E-state index in [0.29, 0.717) is 30.7 Å². The molecule has 1 aliphatic rings. The van der Waals surface area contributed by atoms with Crippen molar-refractivity contribution in [2.24, 2.45) is 14.1 Å². The molecule has 0 unspecified atom stereocenters. The number of piperidine rings is 1. The zero-order chi connectivity index (χ0) is 17.5. The summed E-state index contributed by atoms with van der Waals surface area (Å²) in [4.78, 5) is 12.2. The van der Waals surface area contributed by atoms with Crippen molar-refractivity contribution in [3.63, 3.8) is 0 Å². The predicted molar refractivity (Wildman–Crippen MR) is 91.6 cm³/mol. The van der Waals surface area contributed by atoms with Crippen LogP contribution in [0.3, 0.4) is 0 Å². The molecule has 0 bridgehead atoms. The third-order valence-electron chi connectivity index (χ3n) is 4.62. The van der Waals surface area contributed by atoms with Crippen molar-refractivity contribution in [2.75, 3.05) is 19.7 Å². The molecule has 24 heavy (non-hydrogen) atoms. The highest BCUT2D eigenvalue weighted by Gasteiger charge is 2.31. The van der Waals surface area contributed by atoms with Gasteiger partial charge in [-0.25, -0.2) is 13.2 Å². The van der Waals surface area contributed by atoms with Crippen LogP contribution in [0.4, 0.5) is 0 Å². The van der Waals surface area contributed by atoms with Crippen LogP contribution in [0.5, 0.6) is 0 Å². The fourth-order valence-corrected chi connectivity index (χ4v) is 4.82. The van der Waals surface area contributed by atoms with Crippen molar-refractivity contribution >= 4 is 21.1 Å². The molecule has 8 heteroatoms. The number of imidazole rings is 1. The zero-order valence-electron chi connectivity index (χ0n) is 14.2. The summed E-state index contributed by atoms with van der Waals surface area (Å²) in [6.45, 7) is 3.37. The first-order valence-electron chi connectivity index (χ1n) is 8.13. The van der Waals surface area contributed by atoms with E-state index in [1.165, 1.54) is 13.4 Å². The van der Waals surface area contributed by atoms with Gasteiger partial charge < -0.3 is 4.74 Å². The van der Waals surface area contributed by atoms with Crippen molar-refractivity contribution in [1.82, 2.24) is 13.4 Å². The number of rotatable bonds is 4. The third-order valence-corrected chi connectivity index (χ3v) is 6.49. The Balaban J connectivity index is 1.99. The zero-order valence-corrected chi connectivity index (χ0v) is 15.0. The lowest BCUT2D eigenvalue weighted by atomic mass is 10.1. The van der Waals surface area contributed by atoms with Crippen LogP contribution in [0, 0.1) is 0 Å². The van der Waals surface area contributed by atoms with Crippen molar-refractivity contribution in [1.29, 1.82) is 0 Å². The first kappa shape index (κ1) is 17.2. The molecular weight excluding hydrogens is 330 g/mol. The molecule has 0 aliphatic carbocycles. The second-order valence-electron chi connectivity index (χ2n) is 6.13. The molecule has 1 aliphatic heterocycles. The standard InChI is InChI=1S/C16H23N3O4S/c1-4-23-12-6-5-9-19(11-12)24(21,22)13-7-8-14-15(10-13)18(3)16(20)17(14)2/h7-8,10,12H,4-6,9,11H2,1-3H3/t12-/m0/s1. The number of ether oxygens (including phenoxy) is 1. The highest BCUT2D eigenvalue weighted by Crippen LogP contribution is 2.24. The van der Waals surface area contributed by atoms with Crippen LogP contribution in [0.15, 0.2) is 27.9 Å². The lowest BCUT2D eigenvalue weighted by molar-refractivity contribution is 0.0265. The van der Waals surface area contributed by atoms with Gasteiger partial charge in [-0.3, -0.25) is 9.13 Å². The molecule has 1 saturated heterocycles. The summed E-state index contributed by atoms with van der Waals surface area (Å²) in [7, 11) is -0.274. The number of hydrogen-bond donors (Lipinski definition) is 0. The van der Waals surface area contributed by atoms with E-state index in [0.717, 1.165) is 12.8 Å². The Morgan fingerprint density at radius 2 is 1.92 bits per heavy atom. The Morgan fingerprint density at radius 3 is 2.62 bits per heavy atom. The number of benzene rings is 1. The molecule has 1 fully saturated rings. The molecule has 0 saturated carbocycles. The van der Waals surface area contributed by atoms with E-state index in [1.54, 1.807) is 32.3 Å². The highest BCUT2D eigenvalue weighted by molar-refractivity contribution is 7.89. The average molecular weight is 353 g/mol. The van der Waals surface area contributed by atoms with Crippen molar-refractivity contribution < 1.29 is 13.2 Å². The van der Waals surface area contributed by atoms with Crippen LogP contribution < -0.4 is 5.69 Å². The second kappa shape index (κ2) is 6.34. The van der Waals surface area contributed by atoms with Crippen molar-refractivity contribution in [3.8, 4) is 0 Å². The molecule has 0 amide bonds. The molecular formula is C16H23N3O4S. The van der Waals surface area contributed by atoms with Crippen molar-refractivity contribution in [2.45, 2.75) is 30.8 Å². The molecule has 0 N–H and O–H groups in total. The fraction of sp³-hybridized carbons (Fsp3) is 0.562. The third kappa shape index (κ3) is 2.78. The molecule has 132 valence electrons. The molecule has 3 rings (SSSR count). The smallest absolute Gasteiger partial charge is 0.328 e. The number of fused-ring (bicyclic) bond motifs is 1. The topological polar surface area (TPSA) is 73.5 Å². The summed E-state index contributed by atoms with van der Waals surface area (Å²) in [5.41, 5.74) is 1.16. The Morgan fingerprint density at radius 1 is 1.21 bits per heavy atom. The normalized spacial score (nSPS) is 19.9. The minimum atomic E-state index is -3.60. The Kier molecular flexibility index (Phi) is 4.54. The van der Waals surface area contributed by atoms with Gasteiger partial charge in [0.2, 0.25) is 10.0 Å². The minimum Gasteiger partial charge on any atom is -0.377 e. The fourth-order valence-electron chi connectivity index (χ4n) is 3.29. The molecule has 0 spiro atoms. The van der Waals surface area contributed by atoms with E-state index in [2.05, 4.69) is 0 Å². The molecule has 2 aromatic rings. The predicted octanol–water partition coefficient (Wildman–Crippen LogP) is 1.07. The second-order valence-corrected chi connectivity index (χ2v) is 8.07. The molecule has 2 heterocycles. The van der Waals surface area contributed by atoms with Gasteiger partial charge in [-0.15, -0.1) is 0 Å². The quantitative estimate of drug-likeness (QED) is 0.824. The maximum absolute atomic E-state index is 13.0. The average Bonchev–Trinajstić information content (AvgIpc) is 2.80. The van der Waals surface area contributed by atoms with Gasteiger partial charge in [-0.1, -0.05) is 0 Å². The van der Waals surface area contributed by atoms with Gasteiger partial charge in [-0.2, -0.15) is 4.31 Å². The molecule has 1 aromatic heterocycles. The number of sulfonamides is 1. The van der Waals surface area contributed by atoms with Crippen LogP contribution in [-0.2, 0) is 28.9 Å². The maximum Gasteiger partial charge on any atom is 0.328 e. The van der Waals surface area contributed by atoms with E-state index >= 15 is 0 Å². The van der Waals surface area contributed by atoms with Crippen LogP contribution in [0.2, 0.25) is 0 Å². The minimum absolute atomic E-state index is 0.0525. The summed E-state index contributed by atoms with van der Waals surface area (Å²) in [6, 6.07) is 4.84. The van der Waals surface area contributed by atoms with E-state index < -0.39 is 10.0 Å². The van der Waals surface area contributed by atoms with Crippen LogP contribution in [0.1, 0.15) is 19.8 Å². The first-order chi connectivity index (χ1) is 11.4. The summed E-state index contributed by atoms with van der Waals surface area (Å²) < 4.78 is 36.0. The highest BCUT2D eigenvalue weighted by atomic mass is 32.2. The van der Waals surface area contributed by atoms with Crippen LogP contribution >= 0.6 is 0 Å². The molecule has 1 atom stereocenters. The Bertz CT molecular complexity index is 911. The molecule has 1 aromatic carbocycles. The van der Waals surface area contributed by atoms with Gasteiger partial charge in [0, 0.05) is 33.8 Å². The van der Waals surface area contributed by atoms with E-state index in [1.807, 2.05) is 6.92 Å². The van der Waals surface area contributed by atoms with Gasteiger partial charge >= 0.3 is 5.69 Å².